The lowest BCUT2D eigenvalue weighted by Gasteiger charge is -2.13. The highest BCUT2D eigenvalue weighted by Crippen LogP contribution is 2.25. The van der Waals surface area contributed by atoms with Gasteiger partial charge in [-0.25, -0.2) is 4.79 Å². The van der Waals surface area contributed by atoms with E-state index in [2.05, 4.69) is 5.32 Å². The maximum absolute atomic E-state index is 11.6. The van der Waals surface area contributed by atoms with Gasteiger partial charge in [0.25, 0.3) is 0 Å². The summed E-state index contributed by atoms with van der Waals surface area (Å²) in [4.78, 5) is 11.6. The van der Waals surface area contributed by atoms with E-state index >= 15 is 0 Å². The number of benzene rings is 1. The Labute approximate surface area is 89.4 Å². The van der Waals surface area contributed by atoms with Crippen LogP contribution in [0.3, 0.4) is 0 Å². The van der Waals surface area contributed by atoms with E-state index in [1.807, 2.05) is 38.1 Å². The summed E-state index contributed by atoms with van der Waals surface area (Å²) >= 11 is 0. The summed E-state index contributed by atoms with van der Waals surface area (Å²) in [5, 5.41) is 3.17. The molecule has 1 aliphatic heterocycles. The molecule has 0 spiro atoms. The van der Waals surface area contributed by atoms with Crippen molar-refractivity contribution in [2.45, 2.75) is 32.4 Å². The second-order valence-corrected chi connectivity index (χ2v) is 4.04. The minimum atomic E-state index is -0.218. The van der Waals surface area contributed by atoms with Gasteiger partial charge in [-0.1, -0.05) is 18.2 Å². The predicted octanol–water partition coefficient (Wildman–Crippen LogP) is 1.97. The molecule has 1 aromatic carbocycles. The van der Waals surface area contributed by atoms with E-state index in [0.717, 1.165) is 12.1 Å². The number of carbonyl (C=O) groups excluding carboxylic acids is 1. The van der Waals surface area contributed by atoms with Crippen LogP contribution in [0, 0.1) is 0 Å². The van der Waals surface area contributed by atoms with Crippen LogP contribution in [-0.4, -0.2) is 18.1 Å². The van der Waals surface area contributed by atoms with Crippen LogP contribution in [0.5, 0.6) is 0 Å². The third-order valence-corrected chi connectivity index (χ3v) is 2.41. The Kier molecular flexibility index (Phi) is 2.62. The Morgan fingerprint density at radius 2 is 2.20 bits per heavy atom. The van der Waals surface area contributed by atoms with Gasteiger partial charge in [-0.05, 0) is 25.5 Å². The molecule has 0 saturated carbocycles. The van der Waals surface area contributed by atoms with Crippen molar-refractivity contribution in [1.82, 2.24) is 0 Å². The van der Waals surface area contributed by atoms with Gasteiger partial charge in [0.05, 0.1) is 6.10 Å². The number of hydrogen-bond donors (Lipinski definition) is 1. The molecule has 0 radical (unpaired) electrons. The predicted molar refractivity (Wildman–Crippen MR) is 58.8 cm³/mol. The van der Waals surface area contributed by atoms with Gasteiger partial charge in [-0.3, -0.25) is 0 Å². The van der Waals surface area contributed by atoms with E-state index in [1.54, 1.807) is 0 Å². The summed E-state index contributed by atoms with van der Waals surface area (Å²) in [7, 11) is 0. The fourth-order valence-corrected chi connectivity index (χ4v) is 1.75. The fourth-order valence-electron chi connectivity index (χ4n) is 1.75. The fraction of sp³-hybridized carbons (Fsp3) is 0.417. The molecule has 0 saturated heterocycles. The highest BCUT2D eigenvalue weighted by atomic mass is 16.5. The summed E-state index contributed by atoms with van der Waals surface area (Å²) in [6, 6.07) is 7.74. The largest absolute Gasteiger partial charge is 0.461 e. The zero-order chi connectivity index (χ0) is 10.8. The molecule has 1 aliphatic rings. The number of para-hydroxylation sites is 1. The number of carbonyl (C=O) groups is 1. The van der Waals surface area contributed by atoms with Gasteiger partial charge in [0, 0.05) is 12.1 Å². The van der Waals surface area contributed by atoms with E-state index in [1.165, 1.54) is 5.56 Å². The van der Waals surface area contributed by atoms with Crippen LogP contribution in [0.4, 0.5) is 5.69 Å². The Morgan fingerprint density at radius 3 is 2.87 bits per heavy atom. The second kappa shape index (κ2) is 3.93. The standard InChI is InChI=1S/C12H15NO2/c1-8(2)15-12(14)11-7-9-5-3-4-6-10(9)13-11/h3-6,8,11,13H,7H2,1-2H3. The van der Waals surface area contributed by atoms with Crippen LogP contribution < -0.4 is 5.32 Å². The zero-order valence-corrected chi connectivity index (χ0v) is 8.99. The Morgan fingerprint density at radius 1 is 1.47 bits per heavy atom. The molecule has 1 atom stereocenters. The molecular formula is C12H15NO2. The molecule has 15 heavy (non-hydrogen) atoms. The van der Waals surface area contributed by atoms with Gasteiger partial charge in [0.2, 0.25) is 0 Å². The Balaban J connectivity index is 2.04. The summed E-state index contributed by atoms with van der Waals surface area (Å²) in [5.41, 5.74) is 2.23. The van der Waals surface area contributed by atoms with Crippen LogP contribution in [0.2, 0.25) is 0 Å². The number of fused-ring (bicyclic) bond motifs is 1. The summed E-state index contributed by atoms with van der Waals surface area (Å²) in [6.07, 6.45) is 0.671. The normalized spacial score (nSPS) is 18.5. The summed E-state index contributed by atoms with van der Waals surface area (Å²) in [6.45, 7) is 3.72. The molecule has 1 N–H and O–H groups in total. The minimum absolute atomic E-state index is 0.0528. The molecular weight excluding hydrogens is 190 g/mol. The first-order valence-electron chi connectivity index (χ1n) is 5.22. The molecule has 1 aromatic rings. The van der Waals surface area contributed by atoms with Crippen molar-refractivity contribution in [2.75, 3.05) is 5.32 Å². The average Bonchev–Trinajstić information content (AvgIpc) is 2.59. The third-order valence-electron chi connectivity index (χ3n) is 2.41. The lowest BCUT2D eigenvalue weighted by atomic mass is 10.1. The highest BCUT2D eigenvalue weighted by Gasteiger charge is 2.27. The molecule has 2 rings (SSSR count). The number of rotatable bonds is 2. The summed E-state index contributed by atoms with van der Waals surface area (Å²) < 4.78 is 5.16. The molecule has 80 valence electrons. The van der Waals surface area contributed by atoms with Crippen molar-refractivity contribution in [1.29, 1.82) is 0 Å². The number of anilines is 1. The van der Waals surface area contributed by atoms with Crippen molar-refractivity contribution in [3.8, 4) is 0 Å². The van der Waals surface area contributed by atoms with Gasteiger partial charge < -0.3 is 10.1 Å². The van der Waals surface area contributed by atoms with Gasteiger partial charge >= 0.3 is 5.97 Å². The van der Waals surface area contributed by atoms with E-state index in [9.17, 15) is 4.79 Å². The average molecular weight is 205 g/mol. The molecule has 0 amide bonds. The highest BCUT2D eigenvalue weighted by molar-refractivity contribution is 5.82. The van der Waals surface area contributed by atoms with Gasteiger partial charge in [0.15, 0.2) is 0 Å². The van der Waals surface area contributed by atoms with Crippen molar-refractivity contribution < 1.29 is 9.53 Å². The third kappa shape index (κ3) is 2.12. The van der Waals surface area contributed by atoms with E-state index in [0.29, 0.717) is 0 Å². The lowest BCUT2D eigenvalue weighted by molar-refractivity contribution is -0.148. The molecule has 1 heterocycles. The van der Waals surface area contributed by atoms with Crippen molar-refractivity contribution in [3.05, 3.63) is 29.8 Å². The smallest absolute Gasteiger partial charge is 0.329 e. The molecule has 0 bridgehead atoms. The maximum Gasteiger partial charge on any atom is 0.329 e. The topological polar surface area (TPSA) is 38.3 Å². The molecule has 3 nitrogen and oxygen atoms in total. The van der Waals surface area contributed by atoms with E-state index in [-0.39, 0.29) is 18.1 Å². The first-order valence-corrected chi connectivity index (χ1v) is 5.22. The van der Waals surface area contributed by atoms with Crippen LogP contribution in [-0.2, 0) is 16.0 Å². The number of esters is 1. The van der Waals surface area contributed by atoms with Crippen molar-refractivity contribution in [3.63, 3.8) is 0 Å². The monoisotopic (exact) mass is 205 g/mol. The minimum Gasteiger partial charge on any atom is -0.461 e. The first-order chi connectivity index (χ1) is 7.16. The van der Waals surface area contributed by atoms with E-state index in [4.69, 9.17) is 4.74 Å². The number of hydrogen-bond acceptors (Lipinski definition) is 3. The molecule has 1 unspecified atom stereocenters. The Bertz CT molecular complexity index is 349. The summed E-state index contributed by atoms with van der Waals surface area (Å²) in [5.74, 6) is -0.166. The molecule has 0 fully saturated rings. The first kappa shape index (κ1) is 10.0. The Hall–Kier alpha value is -1.51. The number of ether oxygens (including phenoxy) is 1. The molecule has 0 aliphatic carbocycles. The molecule has 0 aromatic heterocycles. The van der Waals surface area contributed by atoms with Crippen LogP contribution >= 0.6 is 0 Å². The quantitative estimate of drug-likeness (QED) is 0.750. The van der Waals surface area contributed by atoms with Crippen LogP contribution in [0.1, 0.15) is 19.4 Å². The maximum atomic E-state index is 11.6. The van der Waals surface area contributed by atoms with E-state index < -0.39 is 0 Å². The van der Waals surface area contributed by atoms with Gasteiger partial charge in [-0.15, -0.1) is 0 Å². The molecule has 3 heteroatoms. The van der Waals surface area contributed by atoms with Gasteiger partial charge in [-0.2, -0.15) is 0 Å². The SMILES string of the molecule is CC(C)OC(=O)C1Cc2ccccc2N1. The zero-order valence-electron chi connectivity index (χ0n) is 8.99. The van der Waals surface area contributed by atoms with Crippen molar-refractivity contribution in [2.24, 2.45) is 0 Å². The lowest BCUT2D eigenvalue weighted by Crippen LogP contribution is -2.30. The van der Waals surface area contributed by atoms with Crippen LogP contribution in [0.15, 0.2) is 24.3 Å². The van der Waals surface area contributed by atoms with Crippen LogP contribution in [0.25, 0.3) is 0 Å². The number of nitrogens with one attached hydrogen (secondary N) is 1. The van der Waals surface area contributed by atoms with Gasteiger partial charge in [0.1, 0.15) is 6.04 Å². The van der Waals surface area contributed by atoms with Crippen molar-refractivity contribution >= 4 is 11.7 Å². The second-order valence-electron chi connectivity index (χ2n) is 4.04.